The van der Waals surface area contributed by atoms with Crippen LogP contribution in [0.3, 0.4) is 0 Å². The van der Waals surface area contributed by atoms with Crippen molar-refractivity contribution in [3.63, 3.8) is 0 Å². The van der Waals surface area contributed by atoms with E-state index in [1.165, 1.54) is 35.0 Å². The highest BCUT2D eigenvalue weighted by Crippen LogP contribution is 2.29. The van der Waals surface area contributed by atoms with E-state index in [4.69, 9.17) is 0 Å². The summed E-state index contributed by atoms with van der Waals surface area (Å²) < 4.78 is 2.40. The Morgan fingerprint density at radius 3 is 1.90 bits per heavy atom. The molecule has 0 N–H and O–H groups in total. The van der Waals surface area contributed by atoms with Gasteiger partial charge in [0.2, 0.25) is 0 Å². The van der Waals surface area contributed by atoms with Crippen LogP contribution in [0.4, 0.5) is 0 Å². The van der Waals surface area contributed by atoms with Gasteiger partial charge in [-0.3, -0.25) is 4.90 Å². The number of aryl methyl sites for hydroxylation is 1. The number of hydrogen-bond donors (Lipinski definition) is 0. The number of piperazine rings is 1. The van der Waals surface area contributed by atoms with Gasteiger partial charge in [0.25, 0.3) is 0 Å². The van der Waals surface area contributed by atoms with Gasteiger partial charge in [-0.15, -0.1) is 0 Å². The van der Waals surface area contributed by atoms with Crippen LogP contribution in [0.1, 0.15) is 23.6 Å². The standard InChI is InChI=1S/C28H31N3/c1-3-11-25(12-4-1)28(26-13-5-2-6-14-26)31-22-20-29(21-23-31)17-9-18-30-19-16-24-10-7-8-15-27(24)30/h1-8,10-16,19,28H,9,17-18,20-23H2. The highest BCUT2D eigenvalue weighted by Gasteiger charge is 2.26. The molecule has 0 spiro atoms. The summed E-state index contributed by atoms with van der Waals surface area (Å²) in [6.07, 6.45) is 3.42. The first kappa shape index (κ1) is 20.0. The number of nitrogens with zero attached hydrogens (tertiary/aromatic N) is 3. The van der Waals surface area contributed by atoms with E-state index in [0.717, 1.165) is 32.7 Å². The van der Waals surface area contributed by atoms with Crippen molar-refractivity contribution in [1.29, 1.82) is 0 Å². The van der Waals surface area contributed by atoms with E-state index in [-0.39, 0.29) is 0 Å². The van der Waals surface area contributed by atoms with Crippen LogP contribution in [-0.2, 0) is 6.54 Å². The Morgan fingerprint density at radius 2 is 1.23 bits per heavy atom. The van der Waals surface area contributed by atoms with Gasteiger partial charge in [-0.2, -0.15) is 0 Å². The van der Waals surface area contributed by atoms with Crippen LogP contribution in [0.15, 0.2) is 97.2 Å². The number of fused-ring (bicyclic) bond motifs is 1. The minimum Gasteiger partial charge on any atom is -0.347 e. The summed E-state index contributed by atoms with van der Waals surface area (Å²) in [7, 11) is 0. The Labute approximate surface area is 185 Å². The van der Waals surface area contributed by atoms with Crippen LogP contribution in [0, 0.1) is 0 Å². The summed E-state index contributed by atoms with van der Waals surface area (Å²) in [5.41, 5.74) is 4.13. The summed E-state index contributed by atoms with van der Waals surface area (Å²) >= 11 is 0. The number of rotatable bonds is 7. The lowest BCUT2D eigenvalue weighted by molar-refractivity contribution is 0.108. The zero-order valence-electron chi connectivity index (χ0n) is 18.1. The average Bonchev–Trinajstić information content (AvgIpc) is 3.25. The van der Waals surface area contributed by atoms with Crippen molar-refractivity contribution in [1.82, 2.24) is 14.4 Å². The van der Waals surface area contributed by atoms with Crippen molar-refractivity contribution in [2.45, 2.75) is 19.0 Å². The molecule has 1 aromatic heterocycles. The van der Waals surface area contributed by atoms with Gasteiger partial charge in [0.15, 0.2) is 0 Å². The molecule has 31 heavy (non-hydrogen) atoms. The van der Waals surface area contributed by atoms with Gasteiger partial charge in [-0.1, -0.05) is 78.9 Å². The topological polar surface area (TPSA) is 11.4 Å². The Bertz CT molecular complexity index is 1040. The molecule has 0 saturated carbocycles. The third-order valence-corrected chi connectivity index (χ3v) is 6.56. The maximum absolute atomic E-state index is 2.65. The van der Waals surface area contributed by atoms with E-state index in [9.17, 15) is 0 Å². The van der Waals surface area contributed by atoms with Crippen molar-refractivity contribution < 1.29 is 0 Å². The first-order chi connectivity index (χ1) is 15.4. The normalized spacial score (nSPS) is 15.6. The minimum atomic E-state index is 0.343. The molecule has 1 fully saturated rings. The molecule has 0 bridgehead atoms. The smallest absolute Gasteiger partial charge is 0.0602 e. The quantitative estimate of drug-likeness (QED) is 0.403. The lowest BCUT2D eigenvalue weighted by atomic mass is 9.96. The number of para-hydroxylation sites is 1. The van der Waals surface area contributed by atoms with Crippen LogP contribution >= 0.6 is 0 Å². The van der Waals surface area contributed by atoms with Crippen molar-refractivity contribution in [3.8, 4) is 0 Å². The maximum atomic E-state index is 2.65. The number of benzene rings is 3. The second kappa shape index (κ2) is 9.51. The molecule has 1 saturated heterocycles. The zero-order chi connectivity index (χ0) is 20.9. The molecule has 4 aromatic rings. The van der Waals surface area contributed by atoms with Gasteiger partial charge in [-0.05, 0) is 41.6 Å². The third-order valence-electron chi connectivity index (χ3n) is 6.56. The van der Waals surface area contributed by atoms with Crippen molar-refractivity contribution >= 4 is 10.9 Å². The second-order valence-electron chi connectivity index (χ2n) is 8.52. The Hall–Kier alpha value is -2.88. The van der Waals surface area contributed by atoms with E-state index in [1.807, 2.05) is 0 Å². The van der Waals surface area contributed by atoms with E-state index in [2.05, 4.69) is 112 Å². The predicted molar refractivity (Wildman–Crippen MR) is 129 cm³/mol. The summed E-state index contributed by atoms with van der Waals surface area (Å²) in [6.45, 7) is 6.76. The lowest BCUT2D eigenvalue weighted by Gasteiger charge is -2.40. The van der Waals surface area contributed by atoms with Crippen LogP contribution in [0.5, 0.6) is 0 Å². The average molecular weight is 410 g/mol. The fraction of sp³-hybridized carbons (Fsp3) is 0.286. The molecular formula is C28H31N3. The van der Waals surface area contributed by atoms with Crippen molar-refractivity contribution in [3.05, 3.63) is 108 Å². The molecule has 3 heteroatoms. The van der Waals surface area contributed by atoms with Crippen LogP contribution in [0.2, 0.25) is 0 Å². The highest BCUT2D eigenvalue weighted by molar-refractivity contribution is 5.79. The molecule has 0 amide bonds. The number of hydrogen-bond acceptors (Lipinski definition) is 2. The summed E-state index contributed by atoms with van der Waals surface area (Å²) in [5, 5.41) is 1.34. The van der Waals surface area contributed by atoms with Gasteiger partial charge < -0.3 is 9.47 Å². The minimum absolute atomic E-state index is 0.343. The predicted octanol–water partition coefficient (Wildman–Crippen LogP) is 5.44. The first-order valence-corrected chi connectivity index (χ1v) is 11.5. The van der Waals surface area contributed by atoms with Crippen molar-refractivity contribution in [2.24, 2.45) is 0 Å². The summed E-state index contributed by atoms with van der Waals surface area (Å²) in [5.74, 6) is 0. The van der Waals surface area contributed by atoms with Gasteiger partial charge >= 0.3 is 0 Å². The molecule has 3 aromatic carbocycles. The fourth-order valence-electron chi connectivity index (χ4n) is 4.93. The fourth-order valence-corrected chi connectivity index (χ4v) is 4.93. The van der Waals surface area contributed by atoms with Gasteiger partial charge in [-0.25, -0.2) is 0 Å². The molecule has 0 atom stereocenters. The van der Waals surface area contributed by atoms with Crippen LogP contribution < -0.4 is 0 Å². The van der Waals surface area contributed by atoms with Gasteiger partial charge in [0.1, 0.15) is 0 Å². The molecule has 0 radical (unpaired) electrons. The molecule has 3 nitrogen and oxygen atoms in total. The lowest BCUT2D eigenvalue weighted by Crippen LogP contribution is -2.48. The molecule has 1 aliphatic rings. The highest BCUT2D eigenvalue weighted by atomic mass is 15.3. The van der Waals surface area contributed by atoms with Crippen LogP contribution in [0.25, 0.3) is 10.9 Å². The molecule has 0 aliphatic carbocycles. The monoisotopic (exact) mass is 409 g/mol. The SMILES string of the molecule is c1ccc(C(c2ccccc2)N2CCN(CCCn3ccc4ccccc43)CC2)cc1. The van der Waals surface area contributed by atoms with E-state index in [0.29, 0.717) is 6.04 Å². The Kier molecular flexibility index (Phi) is 6.15. The number of aromatic nitrogens is 1. The Balaban J connectivity index is 1.19. The third kappa shape index (κ3) is 4.58. The molecule has 5 rings (SSSR count). The van der Waals surface area contributed by atoms with Crippen molar-refractivity contribution in [2.75, 3.05) is 32.7 Å². The molecule has 158 valence electrons. The van der Waals surface area contributed by atoms with Gasteiger partial charge in [0.05, 0.1) is 6.04 Å². The van der Waals surface area contributed by atoms with Crippen LogP contribution in [-0.4, -0.2) is 47.1 Å². The molecular weight excluding hydrogens is 378 g/mol. The first-order valence-electron chi connectivity index (χ1n) is 11.5. The largest absolute Gasteiger partial charge is 0.347 e. The molecule has 2 heterocycles. The molecule has 1 aliphatic heterocycles. The van der Waals surface area contributed by atoms with E-state index < -0.39 is 0 Å². The zero-order valence-corrected chi connectivity index (χ0v) is 18.1. The summed E-state index contributed by atoms with van der Waals surface area (Å²) in [4.78, 5) is 5.29. The maximum Gasteiger partial charge on any atom is 0.0602 e. The van der Waals surface area contributed by atoms with Gasteiger partial charge in [0, 0.05) is 44.4 Å². The van der Waals surface area contributed by atoms with E-state index >= 15 is 0 Å². The van der Waals surface area contributed by atoms with E-state index in [1.54, 1.807) is 0 Å². The second-order valence-corrected chi connectivity index (χ2v) is 8.52. The summed E-state index contributed by atoms with van der Waals surface area (Å²) in [6, 6.07) is 33.2. The Morgan fingerprint density at radius 1 is 0.613 bits per heavy atom. The molecule has 0 unspecified atom stereocenters.